The van der Waals surface area contributed by atoms with Crippen molar-refractivity contribution in [1.29, 1.82) is 5.41 Å². The number of nitrogens with zero attached hydrogens (tertiary/aromatic N) is 2. The van der Waals surface area contributed by atoms with E-state index in [9.17, 15) is 0 Å². The lowest BCUT2D eigenvalue weighted by molar-refractivity contribution is 0.227. The van der Waals surface area contributed by atoms with Gasteiger partial charge in [-0.1, -0.05) is 24.6 Å². The molecule has 3 heterocycles. The highest BCUT2D eigenvalue weighted by molar-refractivity contribution is 7.12. The lowest BCUT2D eigenvalue weighted by Gasteiger charge is -2.33. The van der Waals surface area contributed by atoms with Crippen LogP contribution in [0.3, 0.4) is 0 Å². The number of hydrogen-bond acceptors (Lipinski definition) is 4. The molecular weight excluding hydrogens is 350 g/mol. The second-order valence-electron chi connectivity index (χ2n) is 7.94. The number of nitrogens with one attached hydrogen (secondary N) is 1. The van der Waals surface area contributed by atoms with Gasteiger partial charge in [-0.05, 0) is 80.4 Å². The van der Waals surface area contributed by atoms with E-state index in [1.807, 2.05) is 6.07 Å². The molecule has 0 spiro atoms. The third kappa shape index (κ3) is 4.80. The highest BCUT2D eigenvalue weighted by Crippen LogP contribution is 2.29. The zero-order valence-electron chi connectivity index (χ0n) is 16.3. The van der Waals surface area contributed by atoms with Crippen molar-refractivity contribution >= 4 is 22.7 Å². The number of anilines is 1. The van der Waals surface area contributed by atoms with Gasteiger partial charge < -0.3 is 15.2 Å². The molecule has 0 aliphatic carbocycles. The number of benzene rings is 1. The first-order chi connectivity index (χ1) is 13.3. The van der Waals surface area contributed by atoms with E-state index >= 15 is 0 Å². The monoisotopic (exact) mass is 381 g/mol. The quantitative estimate of drug-likeness (QED) is 0.685. The van der Waals surface area contributed by atoms with Gasteiger partial charge in [-0.15, -0.1) is 11.3 Å². The van der Waals surface area contributed by atoms with Crippen LogP contribution in [0.5, 0.6) is 0 Å². The average molecular weight is 382 g/mol. The number of piperidine rings is 1. The number of hydrogen-bond donors (Lipinski definition) is 1. The molecule has 2 aliphatic rings. The van der Waals surface area contributed by atoms with Crippen molar-refractivity contribution < 1.29 is 0 Å². The van der Waals surface area contributed by atoms with Crippen LogP contribution in [0.2, 0.25) is 0 Å². The molecule has 0 bridgehead atoms. The molecule has 0 saturated carbocycles. The minimum atomic E-state index is 0.735. The Labute approximate surface area is 167 Å². The minimum Gasteiger partial charge on any atom is -0.371 e. The summed E-state index contributed by atoms with van der Waals surface area (Å²) in [7, 11) is 0. The minimum absolute atomic E-state index is 0.735. The maximum absolute atomic E-state index is 8.35. The van der Waals surface area contributed by atoms with Gasteiger partial charge >= 0.3 is 0 Å². The molecule has 0 amide bonds. The number of rotatable bonds is 7. The summed E-state index contributed by atoms with van der Waals surface area (Å²) >= 11 is 1.66. The summed E-state index contributed by atoms with van der Waals surface area (Å²) in [6, 6.07) is 11.0. The first kappa shape index (κ1) is 18.7. The molecule has 0 unspecified atom stereocenters. The van der Waals surface area contributed by atoms with Crippen LogP contribution in [0.1, 0.15) is 48.1 Å². The van der Waals surface area contributed by atoms with E-state index in [-0.39, 0.29) is 0 Å². The lowest BCUT2D eigenvalue weighted by atomic mass is 9.96. The van der Waals surface area contributed by atoms with Crippen molar-refractivity contribution in [2.75, 3.05) is 37.6 Å². The smallest absolute Gasteiger partial charge is 0.0529 e. The highest BCUT2D eigenvalue weighted by Gasteiger charge is 2.18. The van der Waals surface area contributed by atoms with Crippen molar-refractivity contribution in [2.24, 2.45) is 0 Å². The molecular formula is C23H31N3S. The first-order valence-electron chi connectivity index (χ1n) is 10.5. The predicted molar refractivity (Wildman–Crippen MR) is 117 cm³/mol. The van der Waals surface area contributed by atoms with Crippen LogP contribution >= 0.6 is 11.3 Å². The maximum atomic E-state index is 8.35. The van der Waals surface area contributed by atoms with Crippen molar-refractivity contribution in [2.45, 2.75) is 44.9 Å². The fourth-order valence-electron chi connectivity index (χ4n) is 4.48. The molecule has 3 nitrogen and oxygen atoms in total. The van der Waals surface area contributed by atoms with E-state index in [0.29, 0.717) is 0 Å². The standard InChI is InChI=1S/C23H31N3S/c24-21(23-8-5-16-27-23)18-19-9-10-22-20(17-19)7-4-14-26(22)15-6-13-25-11-2-1-3-12-25/h5,8-10,16-17,24H,1-4,6-7,11-15,18H2. The molecule has 144 valence electrons. The van der Waals surface area contributed by atoms with Gasteiger partial charge in [0.15, 0.2) is 0 Å². The molecule has 2 aromatic rings. The Morgan fingerprint density at radius 2 is 1.89 bits per heavy atom. The maximum Gasteiger partial charge on any atom is 0.0529 e. The van der Waals surface area contributed by atoms with Crippen LogP contribution < -0.4 is 4.90 Å². The molecule has 1 aromatic carbocycles. The third-order valence-corrected chi connectivity index (χ3v) is 6.84. The molecule has 4 heteroatoms. The van der Waals surface area contributed by atoms with Crippen molar-refractivity contribution in [3.05, 3.63) is 51.7 Å². The van der Waals surface area contributed by atoms with Crippen LogP contribution in [-0.2, 0) is 12.8 Å². The summed E-state index contributed by atoms with van der Waals surface area (Å²) in [6.45, 7) is 6.22. The number of likely N-dealkylation sites (tertiary alicyclic amines) is 1. The van der Waals surface area contributed by atoms with Gasteiger partial charge in [0, 0.05) is 30.1 Å². The van der Waals surface area contributed by atoms with Gasteiger partial charge in [0.05, 0.1) is 5.71 Å². The van der Waals surface area contributed by atoms with Gasteiger partial charge in [-0.2, -0.15) is 0 Å². The van der Waals surface area contributed by atoms with Crippen LogP contribution in [0.4, 0.5) is 5.69 Å². The summed E-state index contributed by atoms with van der Waals surface area (Å²) in [4.78, 5) is 6.33. The summed E-state index contributed by atoms with van der Waals surface area (Å²) in [5.41, 5.74) is 4.93. The highest BCUT2D eigenvalue weighted by atomic mass is 32.1. The topological polar surface area (TPSA) is 30.3 Å². The van der Waals surface area contributed by atoms with Crippen molar-refractivity contribution in [3.8, 4) is 0 Å². The zero-order chi connectivity index (χ0) is 18.5. The normalized spacial score (nSPS) is 17.7. The Morgan fingerprint density at radius 1 is 1.00 bits per heavy atom. The van der Waals surface area contributed by atoms with Gasteiger partial charge in [0.1, 0.15) is 0 Å². The number of aryl methyl sites for hydroxylation is 1. The second-order valence-corrected chi connectivity index (χ2v) is 8.89. The molecule has 0 radical (unpaired) electrons. The average Bonchev–Trinajstić information content (AvgIpc) is 3.24. The summed E-state index contributed by atoms with van der Waals surface area (Å²) in [6.07, 6.45) is 8.63. The molecule has 27 heavy (non-hydrogen) atoms. The summed E-state index contributed by atoms with van der Waals surface area (Å²) in [5, 5.41) is 10.4. The van der Waals surface area contributed by atoms with E-state index in [0.717, 1.165) is 17.0 Å². The van der Waals surface area contributed by atoms with E-state index in [2.05, 4.69) is 39.4 Å². The second kappa shape index (κ2) is 9.03. The van der Waals surface area contributed by atoms with Crippen molar-refractivity contribution in [1.82, 2.24) is 4.90 Å². The van der Waals surface area contributed by atoms with Crippen LogP contribution in [0, 0.1) is 5.41 Å². The lowest BCUT2D eigenvalue weighted by Crippen LogP contribution is -2.35. The van der Waals surface area contributed by atoms with Gasteiger partial charge in [-0.25, -0.2) is 0 Å². The fourth-order valence-corrected chi connectivity index (χ4v) is 5.16. The predicted octanol–water partition coefficient (Wildman–Crippen LogP) is 4.99. The molecule has 1 aromatic heterocycles. The molecule has 0 atom stereocenters. The number of thiophene rings is 1. The van der Waals surface area contributed by atoms with Gasteiger partial charge in [-0.3, -0.25) is 0 Å². The Bertz CT molecular complexity index is 747. The Balaban J connectivity index is 1.35. The van der Waals surface area contributed by atoms with Gasteiger partial charge in [0.25, 0.3) is 0 Å². The molecule has 2 aliphatic heterocycles. The Kier molecular flexibility index (Phi) is 6.25. The summed E-state index contributed by atoms with van der Waals surface area (Å²) < 4.78 is 0. The molecule has 4 rings (SSSR count). The zero-order valence-corrected chi connectivity index (χ0v) is 17.1. The van der Waals surface area contributed by atoms with Crippen LogP contribution in [0.15, 0.2) is 35.7 Å². The van der Waals surface area contributed by atoms with Crippen LogP contribution in [-0.4, -0.2) is 43.3 Å². The SMILES string of the molecule is N=C(Cc1ccc2c(c1)CCCN2CCCN1CCCCC1)c1cccs1. The van der Waals surface area contributed by atoms with Crippen molar-refractivity contribution in [3.63, 3.8) is 0 Å². The third-order valence-electron chi connectivity index (χ3n) is 5.91. The van der Waals surface area contributed by atoms with E-state index < -0.39 is 0 Å². The number of fused-ring (bicyclic) bond motifs is 1. The molecule has 1 N–H and O–H groups in total. The van der Waals surface area contributed by atoms with Gasteiger partial charge in [0.2, 0.25) is 0 Å². The first-order valence-corrected chi connectivity index (χ1v) is 11.4. The largest absolute Gasteiger partial charge is 0.371 e. The van der Waals surface area contributed by atoms with E-state index in [4.69, 9.17) is 5.41 Å². The van der Waals surface area contributed by atoms with E-state index in [1.54, 1.807) is 11.3 Å². The molecule has 1 fully saturated rings. The summed E-state index contributed by atoms with van der Waals surface area (Å²) in [5.74, 6) is 0. The van der Waals surface area contributed by atoms with Crippen LogP contribution in [0.25, 0.3) is 0 Å². The fraction of sp³-hybridized carbons (Fsp3) is 0.522. The Morgan fingerprint density at radius 3 is 2.70 bits per heavy atom. The Hall–Kier alpha value is -1.65. The molecule has 1 saturated heterocycles. The van der Waals surface area contributed by atoms with E-state index in [1.165, 1.54) is 88.1 Å².